The van der Waals surface area contributed by atoms with Gasteiger partial charge in [0.25, 0.3) is 0 Å². The zero-order valence-electron chi connectivity index (χ0n) is 13.1. The number of anilines is 3. The largest absolute Gasteiger partial charge is 0.379 e. The van der Waals surface area contributed by atoms with Crippen LogP contribution < -0.4 is 10.6 Å². The van der Waals surface area contributed by atoms with Gasteiger partial charge in [0.05, 0.1) is 23.3 Å². The van der Waals surface area contributed by atoms with E-state index in [1.165, 1.54) is 6.33 Å². The highest BCUT2D eigenvalue weighted by Gasteiger charge is 2.09. The topological polar surface area (TPSA) is 62.3 Å². The third-order valence-corrected chi connectivity index (χ3v) is 4.44. The molecule has 0 aliphatic carbocycles. The van der Waals surface area contributed by atoms with Gasteiger partial charge in [-0.15, -0.1) is 0 Å². The molecule has 6 nitrogen and oxygen atoms in total. The molecule has 3 rings (SSSR count). The summed E-state index contributed by atoms with van der Waals surface area (Å²) in [5.41, 5.74) is 0.822. The van der Waals surface area contributed by atoms with E-state index in [-0.39, 0.29) is 0 Å². The molecule has 0 amide bonds. The standard InChI is InChI=1S/C16H19Cl2N5O/c17-13-2-1-12(9-14(13)18)22-16-10-15(20-11-21-16)19-3-4-23-5-7-24-8-6-23/h1-2,9-11H,3-8H2,(H2,19,20,21,22). The molecule has 128 valence electrons. The van der Waals surface area contributed by atoms with E-state index < -0.39 is 0 Å². The fraction of sp³-hybridized carbons (Fsp3) is 0.375. The van der Waals surface area contributed by atoms with Crippen molar-refractivity contribution in [2.45, 2.75) is 0 Å². The van der Waals surface area contributed by atoms with Crippen molar-refractivity contribution in [1.29, 1.82) is 0 Å². The lowest BCUT2D eigenvalue weighted by Gasteiger charge is -2.26. The van der Waals surface area contributed by atoms with E-state index in [2.05, 4.69) is 25.5 Å². The highest BCUT2D eigenvalue weighted by Crippen LogP contribution is 2.26. The molecule has 1 saturated heterocycles. The normalized spacial score (nSPS) is 15.2. The molecular weight excluding hydrogens is 349 g/mol. The molecule has 1 aromatic carbocycles. The average Bonchev–Trinajstić information content (AvgIpc) is 2.60. The third kappa shape index (κ3) is 4.95. The molecule has 2 N–H and O–H groups in total. The van der Waals surface area contributed by atoms with Gasteiger partial charge >= 0.3 is 0 Å². The maximum atomic E-state index is 6.02. The maximum absolute atomic E-state index is 6.02. The first-order chi connectivity index (χ1) is 11.7. The Kier molecular flexibility index (Phi) is 6.09. The Hall–Kier alpha value is -1.60. The highest BCUT2D eigenvalue weighted by atomic mass is 35.5. The average molecular weight is 368 g/mol. The van der Waals surface area contributed by atoms with Gasteiger partial charge in [-0.2, -0.15) is 0 Å². The van der Waals surface area contributed by atoms with Crippen LogP contribution in [0.2, 0.25) is 10.0 Å². The SMILES string of the molecule is Clc1ccc(Nc2cc(NCCN3CCOCC3)ncn2)cc1Cl. The van der Waals surface area contributed by atoms with Gasteiger partial charge in [-0.25, -0.2) is 9.97 Å². The number of benzene rings is 1. The molecule has 0 bridgehead atoms. The van der Waals surface area contributed by atoms with Crippen LogP contribution in [-0.2, 0) is 4.74 Å². The first-order valence-electron chi connectivity index (χ1n) is 7.79. The molecule has 1 aromatic heterocycles. The molecule has 0 radical (unpaired) electrons. The molecule has 1 fully saturated rings. The fourth-order valence-electron chi connectivity index (χ4n) is 2.41. The van der Waals surface area contributed by atoms with Crippen LogP contribution in [0.25, 0.3) is 0 Å². The predicted octanol–water partition coefficient (Wildman–Crippen LogP) is 3.27. The lowest BCUT2D eigenvalue weighted by atomic mass is 10.3. The summed E-state index contributed by atoms with van der Waals surface area (Å²) in [5, 5.41) is 7.53. The lowest BCUT2D eigenvalue weighted by Crippen LogP contribution is -2.39. The summed E-state index contributed by atoms with van der Waals surface area (Å²) in [6.07, 6.45) is 1.52. The Morgan fingerprint density at radius 1 is 1.04 bits per heavy atom. The van der Waals surface area contributed by atoms with Crippen molar-refractivity contribution < 1.29 is 4.74 Å². The van der Waals surface area contributed by atoms with Gasteiger partial charge < -0.3 is 15.4 Å². The molecule has 0 spiro atoms. The number of rotatable bonds is 6. The molecule has 0 unspecified atom stereocenters. The number of aromatic nitrogens is 2. The number of hydrogen-bond donors (Lipinski definition) is 2. The van der Waals surface area contributed by atoms with Crippen LogP contribution in [0.4, 0.5) is 17.3 Å². The highest BCUT2D eigenvalue weighted by molar-refractivity contribution is 6.42. The second-order valence-corrected chi connectivity index (χ2v) is 6.24. The number of morpholine rings is 1. The quantitative estimate of drug-likeness (QED) is 0.816. The van der Waals surface area contributed by atoms with Gasteiger partial charge in [0, 0.05) is 37.9 Å². The van der Waals surface area contributed by atoms with E-state index in [9.17, 15) is 0 Å². The van der Waals surface area contributed by atoms with Crippen molar-refractivity contribution in [3.05, 3.63) is 40.6 Å². The monoisotopic (exact) mass is 367 g/mol. The van der Waals surface area contributed by atoms with E-state index in [1.54, 1.807) is 12.1 Å². The lowest BCUT2D eigenvalue weighted by molar-refractivity contribution is 0.0398. The minimum absolute atomic E-state index is 0.500. The molecule has 2 heterocycles. The van der Waals surface area contributed by atoms with Crippen LogP contribution in [-0.4, -0.2) is 54.3 Å². The Balaban J connectivity index is 1.54. The number of halogens is 2. The second-order valence-electron chi connectivity index (χ2n) is 5.42. The number of nitrogens with one attached hydrogen (secondary N) is 2. The van der Waals surface area contributed by atoms with Crippen molar-refractivity contribution in [2.75, 3.05) is 50.0 Å². The van der Waals surface area contributed by atoms with E-state index in [4.69, 9.17) is 27.9 Å². The second kappa shape index (κ2) is 8.48. The summed E-state index contributed by atoms with van der Waals surface area (Å²) in [6, 6.07) is 7.22. The minimum atomic E-state index is 0.500. The molecule has 1 aliphatic rings. The van der Waals surface area contributed by atoms with Crippen molar-refractivity contribution >= 4 is 40.5 Å². The van der Waals surface area contributed by atoms with E-state index in [1.807, 2.05) is 12.1 Å². The zero-order valence-corrected chi connectivity index (χ0v) is 14.6. The van der Waals surface area contributed by atoms with Crippen LogP contribution in [0.15, 0.2) is 30.6 Å². The Bertz CT molecular complexity index is 679. The van der Waals surface area contributed by atoms with Gasteiger partial charge in [0.2, 0.25) is 0 Å². The molecule has 2 aromatic rings. The maximum Gasteiger partial charge on any atom is 0.135 e. The molecule has 0 saturated carbocycles. The smallest absolute Gasteiger partial charge is 0.135 e. The summed E-state index contributed by atoms with van der Waals surface area (Å²) < 4.78 is 5.34. The summed E-state index contributed by atoms with van der Waals surface area (Å²) in [6.45, 7) is 5.37. The van der Waals surface area contributed by atoms with Gasteiger partial charge in [-0.05, 0) is 18.2 Å². The Morgan fingerprint density at radius 3 is 2.62 bits per heavy atom. The van der Waals surface area contributed by atoms with Crippen molar-refractivity contribution in [1.82, 2.24) is 14.9 Å². The number of nitrogens with zero attached hydrogens (tertiary/aromatic N) is 3. The molecule has 8 heteroatoms. The first kappa shape index (κ1) is 17.2. The summed E-state index contributed by atoms with van der Waals surface area (Å²) in [4.78, 5) is 10.8. The predicted molar refractivity (Wildman–Crippen MR) is 97.5 cm³/mol. The third-order valence-electron chi connectivity index (χ3n) is 3.70. The molecule has 1 aliphatic heterocycles. The van der Waals surface area contributed by atoms with E-state index in [0.717, 1.165) is 50.9 Å². The van der Waals surface area contributed by atoms with Gasteiger partial charge in [-0.3, -0.25) is 4.90 Å². The zero-order chi connectivity index (χ0) is 16.8. The minimum Gasteiger partial charge on any atom is -0.379 e. The van der Waals surface area contributed by atoms with E-state index >= 15 is 0 Å². The Morgan fingerprint density at radius 2 is 1.83 bits per heavy atom. The first-order valence-corrected chi connectivity index (χ1v) is 8.54. The van der Waals surface area contributed by atoms with Gasteiger partial charge in [0.1, 0.15) is 18.0 Å². The van der Waals surface area contributed by atoms with Crippen LogP contribution in [0.3, 0.4) is 0 Å². The van der Waals surface area contributed by atoms with Gasteiger partial charge in [-0.1, -0.05) is 23.2 Å². The van der Waals surface area contributed by atoms with Crippen molar-refractivity contribution in [3.63, 3.8) is 0 Å². The summed E-state index contributed by atoms with van der Waals surface area (Å²) >= 11 is 11.9. The van der Waals surface area contributed by atoms with Crippen LogP contribution in [0.5, 0.6) is 0 Å². The Labute approximate surface area is 151 Å². The fourth-order valence-corrected chi connectivity index (χ4v) is 2.71. The summed E-state index contributed by atoms with van der Waals surface area (Å²) in [7, 11) is 0. The number of ether oxygens (including phenoxy) is 1. The number of hydrogen-bond acceptors (Lipinski definition) is 6. The van der Waals surface area contributed by atoms with E-state index in [0.29, 0.717) is 15.9 Å². The summed E-state index contributed by atoms with van der Waals surface area (Å²) in [5.74, 6) is 1.47. The molecule has 24 heavy (non-hydrogen) atoms. The van der Waals surface area contributed by atoms with Crippen LogP contribution >= 0.6 is 23.2 Å². The van der Waals surface area contributed by atoms with Crippen molar-refractivity contribution in [2.24, 2.45) is 0 Å². The van der Waals surface area contributed by atoms with Crippen LogP contribution in [0, 0.1) is 0 Å². The van der Waals surface area contributed by atoms with Gasteiger partial charge in [0.15, 0.2) is 0 Å². The molecule has 0 atom stereocenters. The van der Waals surface area contributed by atoms with Crippen LogP contribution in [0.1, 0.15) is 0 Å². The molecular formula is C16H19Cl2N5O. The van der Waals surface area contributed by atoms with Crippen molar-refractivity contribution in [3.8, 4) is 0 Å².